The fourth-order valence-corrected chi connectivity index (χ4v) is 2.32. The van der Waals surface area contributed by atoms with Crippen molar-refractivity contribution < 1.29 is 9.90 Å². The molecule has 1 aromatic rings. The largest absolute Gasteiger partial charge is 0.507 e. The van der Waals surface area contributed by atoms with E-state index in [9.17, 15) is 9.90 Å². The number of hydrogen-bond acceptors (Lipinski definition) is 2. The lowest BCUT2D eigenvalue weighted by atomic mass is 10.00. The summed E-state index contributed by atoms with van der Waals surface area (Å²) < 4.78 is 0. The van der Waals surface area contributed by atoms with E-state index in [2.05, 4.69) is 5.32 Å². The van der Waals surface area contributed by atoms with Gasteiger partial charge in [0.2, 0.25) is 0 Å². The van der Waals surface area contributed by atoms with Gasteiger partial charge in [-0.2, -0.15) is 0 Å². The number of hydrogen-bond donors (Lipinski definition) is 2. The van der Waals surface area contributed by atoms with Crippen molar-refractivity contribution in [2.45, 2.75) is 25.8 Å². The molecular formula is C13H17Cl2NO2. The van der Waals surface area contributed by atoms with Crippen molar-refractivity contribution in [3.05, 3.63) is 29.3 Å². The number of phenolic OH excluding ortho intramolecular Hbond substituents is 1. The highest BCUT2D eigenvalue weighted by atomic mass is 35.5. The molecule has 100 valence electrons. The van der Waals surface area contributed by atoms with Crippen LogP contribution in [0, 0.1) is 6.92 Å². The second-order valence-corrected chi connectivity index (χ2v) is 4.91. The Bertz CT molecular complexity index is 423. The number of benzene rings is 1. The van der Waals surface area contributed by atoms with Crippen molar-refractivity contribution in [1.82, 2.24) is 5.32 Å². The van der Waals surface area contributed by atoms with Crippen LogP contribution in [-0.2, 0) is 0 Å². The molecule has 0 aliphatic heterocycles. The van der Waals surface area contributed by atoms with Crippen LogP contribution in [0.4, 0.5) is 0 Å². The van der Waals surface area contributed by atoms with Gasteiger partial charge in [0.05, 0.1) is 11.1 Å². The minimum atomic E-state index is -0.641. The van der Waals surface area contributed by atoms with Gasteiger partial charge in [-0.15, -0.1) is 23.2 Å². The van der Waals surface area contributed by atoms with Gasteiger partial charge in [-0.3, -0.25) is 4.79 Å². The van der Waals surface area contributed by atoms with Crippen molar-refractivity contribution in [2.75, 3.05) is 11.8 Å². The highest BCUT2D eigenvalue weighted by Gasteiger charge is 2.29. The predicted octanol–water partition coefficient (Wildman–Crippen LogP) is 3.06. The maximum atomic E-state index is 12.1. The highest BCUT2D eigenvalue weighted by Crippen LogP contribution is 2.21. The second kappa shape index (κ2) is 6.30. The van der Waals surface area contributed by atoms with Crippen LogP contribution in [-0.4, -0.2) is 28.3 Å². The zero-order valence-electron chi connectivity index (χ0n) is 10.5. The molecule has 2 N–H and O–H groups in total. The first-order chi connectivity index (χ1) is 8.48. The second-order valence-electron chi connectivity index (χ2n) is 4.38. The Labute approximate surface area is 117 Å². The number of aryl methyl sites for hydroxylation is 1. The summed E-state index contributed by atoms with van der Waals surface area (Å²) in [5.41, 5.74) is 0.478. The summed E-state index contributed by atoms with van der Waals surface area (Å²) in [6.45, 7) is 3.75. The fourth-order valence-electron chi connectivity index (χ4n) is 1.52. The average Bonchev–Trinajstić information content (AvgIpc) is 2.36. The summed E-state index contributed by atoms with van der Waals surface area (Å²) in [7, 11) is 0. The molecule has 0 saturated carbocycles. The number of halogens is 2. The minimum absolute atomic E-state index is 0.0401. The third kappa shape index (κ3) is 3.30. The summed E-state index contributed by atoms with van der Waals surface area (Å²) in [6, 6.07) is 4.90. The molecule has 0 spiro atoms. The van der Waals surface area contributed by atoms with Gasteiger partial charge < -0.3 is 10.4 Å². The topological polar surface area (TPSA) is 49.3 Å². The highest BCUT2D eigenvalue weighted by molar-refractivity contribution is 6.22. The third-order valence-corrected chi connectivity index (χ3v) is 3.99. The standard InChI is InChI=1S/C13H17Cl2NO2/c1-3-13(7-14,8-15)16-12(18)10-5-4-9(2)6-11(10)17/h4-6,17H,3,7-8H2,1-2H3,(H,16,18). The zero-order chi connectivity index (χ0) is 13.8. The van der Waals surface area contributed by atoms with E-state index in [1.807, 2.05) is 13.8 Å². The van der Waals surface area contributed by atoms with Crippen LogP contribution in [0.5, 0.6) is 5.75 Å². The van der Waals surface area contributed by atoms with Gasteiger partial charge in [-0.25, -0.2) is 0 Å². The van der Waals surface area contributed by atoms with E-state index >= 15 is 0 Å². The summed E-state index contributed by atoms with van der Waals surface area (Å²) >= 11 is 11.7. The van der Waals surface area contributed by atoms with Crippen molar-refractivity contribution >= 4 is 29.1 Å². The van der Waals surface area contributed by atoms with E-state index in [1.165, 1.54) is 0 Å². The number of nitrogens with one attached hydrogen (secondary N) is 1. The molecular weight excluding hydrogens is 273 g/mol. The van der Waals surface area contributed by atoms with Crippen LogP contribution < -0.4 is 5.32 Å². The van der Waals surface area contributed by atoms with Crippen LogP contribution in [0.15, 0.2) is 18.2 Å². The third-order valence-electron chi connectivity index (χ3n) is 2.96. The molecule has 0 unspecified atom stereocenters. The molecule has 0 bridgehead atoms. The number of rotatable bonds is 5. The molecule has 0 atom stereocenters. The first-order valence-electron chi connectivity index (χ1n) is 5.72. The first-order valence-corrected chi connectivity index (χ1v) is 6.79. The Morgan fingerprint density at radius 2 is 2.00 bits per heavy atom. The van der Waals surface area contributed by atoms with Gasteiger partial charge in [0.1, 0.15) is 5.75 Å². The summed E-state index contributed by atoms with van der Waals surface area (Å²) in [6.07, 6.45) is 0.623. The van der Waals surface area contributed by atoms with E-state index in [-0.39, 0.29) is 29.0 Å². The minimum Gasteiger partial charge on any atom is -0.507 e. The van der Waals surface area contributed by atoms with Gasteiger partial charge >= 0.3 is 0 Å². The maximum Gasteiger partial charge on any atom is 0.255 e. The fraction of sp³-hybridized carbons (Fsp3) is 0.462. The van der Waals surface area contributed by atoms with E-state index in [4.69, 9.17) is 23.2 Å². The maximum absolute atomic E-state index is 12.1. The van der Waals surface area contributed by atoms with E-state index in [0.29, 0.717) is 6.42 Å². The zero-order valence-corrected chi connectivity index (χ0v) is 12.0. The van der Waals surface area contributed by atoms with Crippen LogP contribution in [0.25, 0.3) is 0 Å². The van der Waals surface area contributed by atoms with E-state index in [1.54, 1.807) is 18.2 Å². The van der Waals surface area contributed by atoms with Crippen molar-refractivity contribution in [3.8, 4) is 5.75 Å². The van der Waals surface area contributed by atoms with Gasteiger partial charge in [-0.05, 0) is 31.0 Å². The molecule has 1 rings (SSSR count). The van der Waals surface area contributed by atoms with Crippen LogP contribution >= 0.6 is 23.2 Å². The Morgan fingerprint density at radius 1 is 1.39 bits per heavy atom. The molecule has 0 heterocycles. The first kappa shape index (κ1) is 15.1. The summed E-state index contributed by atoms with van der Waals surface area (Å²) in [5, 5.41) is 12.5. The summed E-state index contributed by atoms with van der Waals surface area (Å²) in [5.74, 6) is 0.0498. The Morgan fingerprint density at radius 3 is 2.44 bits per heavy atom. The molecule has 0 fully saturated rings. The molecule has 0 aromatic heterocycles. The number of amides is 1. The van der Waals surface area contributed by atoms with Crippen molar-refractivity contribution in [1.29, 1.82) is 0 Å². The Kier molecular flexibility index (Phi) is 5.29. The molecule has 3 nitrogen and oxygen atoms in total. The molecule has 5 heteroatoms. The smallest absolute Gasteiger partial charge is 0.255 e. The number of alkyl halides is 2. The molecule has 0 aliphatic rings. The van der Waals surface area contributed by atoms with Crippen molar-refractivity contribution in [2.24, 2.45) is 0 Å². The number of carbonyl (C=O) groups is 1. The average molecular weight is 290 g/mol. The molecule has 0 aliphatic carbocycles. The lowest BCUT2D eigenvalue weighted by Crippen LogP contribution is -2.51. The quantitative estimate of drug-likeness (QED) is 0.819. The monoisotopic (exact) mass is 289 g/mol. The van der Waals surface area contributed by atoms with Gasteiger partial charge in [-0.1, -0.05) is 13.0 Å². The Hall–Kier alpha value is -0.930. The van der Waals surface area contributed by atoms with Crippen LogP contribution in [0.1, 0.15) is 29.3 Å². The van der Waals surface area contributed by atoms with E-state index < -0.39 is 5.54 Å². The van der Waals surface area contributed by atoms with E-state index in [0.717, 1.165) is 5.56 Å². The molecule has 0 saturated heterocycles. The Balaban J connectivity index is 2.94. The molecule has 0 radical (unpaired) electrons. The lowest BCUT2D eigenvalue weighted by molar-refractivity contribution is 0.0911. The van der Waals surface area contributed by atoms with Crippen LogP contribution in [0.2, 0.25) is 0 Å². The molecule has 1 aromatic carbocycles. The summed E-state index contributed by atoms with van der Waals surface area (Å²) in [4.78, 5) is 12.1. The van der Waals surface area contributed by atoms with Gasteiger partial charge in [0, 0.05) is 11.8 Å². The van der Waals surface area contributed by atoms with Crippen LogP contribution in [0.3, 0.4) is 0 Å². The SMILES string of the molecule is CCC(CCl)(CCl)NC(=O)c1ccc(C)cc1O. The number of aromatic hydroxyl groups is 1. The van der Waals surface area contributed by atoms with Gasteiger partial charge in [0.15, 0.2) is 0 Å². The number of phenols is 1. The normalized spacial score (nSPS) is 11.3. The molecule has 1 amide bonds. The van der Waals surface area contributed by atoms with Gasteiger partial charge in [0.25, 0.3) is 5.91 Å². The predicted molar refractivity (Wildman–Crippen MR) is 74.8 cm³/mol. The lowest BCUT2D eigenvalue weighted by Gasteiger charge is -2.29. The number of carbonyl (C=O) groups excluding carboxylic acids is 1. The molecule has 18 heavy (non-hydrogen) atoms. The van der Waals surface area contributed by atoms with Crippen molar-refractivity contribution in [3.63, 3.8) is 0 Å².